The molecule has 4 heterocycles. The molecule has 0 fully saturated rings. The van der Waals surface area contributed by atoms with E-state index < -0.39 is 11.9 Å². The molecule has 3 aromatic heterocycles. The van der Waals surface area contributed by atoms with Crippen molar-refractivity contribution < 1.29 is 4.79 Å². The van der Waals surface area contributed by atoms with E-state index in [2.05, 4.69) is 32.7 Å². The Bertz CT molecular complexity index is 1970. The van der Waals surface area contributed by atoms with Gasteiger partial charge in [-0.1, -0.05) is 41.7 Å². The van der Waals surface area contributed by atoms with Crippen molar-refractivity contribution in [1.82, 2.24) is 29.4 Å². The van der Waals surface area contributed by atoms with Gasteiger partial charge in [-0.05, 0) is 49.6 Å². The molecular formula is C31H28N8O2. The van der Waals surface area contributed by atoms with Crippen LogP contribution in [0.15, 0.2) is 71.8 Å². The van der Waals surface area contributed by atoms with E-state index in [9.17, 15) is 9.59 Å². The quantitative estimate of drug-likeness (QED) is 0.297. The summed E-state index contributed by atoms with van der Waals surface area (Å²) in [6.45, 7) is 4.39. The maximum Gasteiger partial charge on any atom is 0.264 e. The molecule has 41 heavy (non-hydrogen) atoms. The summed E-state index contributed by atoms with van der Waals surface area (Å²) in [7, 11) is 1.83. The fourth-order valence-electron chi connectivity index (χ4n) is 4.99. The minimum Gasteiger partial charge on any atom is -0.381 e. The first kappa shape index (κ1) is 25.7. The lowest BCUT2D eigenvalue weighted by molar-refractivity contribution is 0.0940. The number of fused-ring (bicyclic) bond motifs is 2. The van der Waals surface area contributed by atoms with Crippen molar-refractivity contribution in [3.8, 4) is 17.5 Å². The number of hydrogen-bond acceptors (Lipinski definition) is 6. The highest BCUT2D eigenvalue weighted by molar-refractivity contribution is 6.04. The number of anilines is 2. The number of aryl methyl sites for hydroxylation is 2. The molecule has 4 N–H and O–H groups in total. The van der Waals surface area contributed by atoms with Gasteiger partial charge in [0.1, 0.15) is 11.4 Å². The first-order chi connectivity index (χ1) is 19.8. The van der Waals surface area contributed by atoms with Crippen LogP contribution in [-0.2, 0) is 7.05 Å². The van der Waals surface area contributed by atoms with Crippen molar-refractivity contribution in [2.24, 2.45) is 7.05 Å². The van der Waals surface area contributed by atoms with Gasteiger partial charge < -0.3 is 16.4 Å². The van der Waals surface area contributed by atoms with Crippen molar-refractivity contribution in [1.29, 1.82) is 0 Å². The summed E-state index contributed by atoms with van der Waals surface area (Å²) >= 11 is 0. The minimum atomic E-state index is -0.555. The van der Waals surface area contributed by atoms with Crippen molar-refractivity contribution in [2.75, 3.05) is 17.6 Å². The third kappa shape index (κ3) is 4.74. The number of nitrogens with zero attached hydrogens (tertiary/aromatic N) is 5. The summed E-state index contributed by atoms with van der Waals surface area (Å²) in [6.07, 6.45) is 7.15. The number of hydrogen-bond donors (Lipinski definition) is 3. The first-order valence-electron chi connectivity index (χ1n) is 13.2. The summed E-state index contributed by atoms with van der Waals surface area (Å²) in [5.74, 6) is 6.53. The van der Waals surface area contributed by atoms with Crippen LogP contribution >= 0.6 is 0 Å². The highest BCUT2D eigenvalue weighted by Crippen LogP contribution is 2.27. The third-order valence-corrected chi connectivity index (χ3v) is 7.00. The number of benzene rings is 2. The first-order valence-corrected chi connectivity index (χ1v) is 13.2. The van der Waals surface area contributed by atoms with Crippen LogP contribution in [0.1, 0.15) is 45.7 Å². The predicted octanol–water partition coefficient (Wildman–Crippen LogP) is 3.60. The second kappa shape index (κ2) is 10.2. The number of aromatic nitrogens is 5. The van der Waals surface area contributed by atoms with Crippen LogP contribution in [0.25, 0.3) is 22.7 Å². The van der Waals surface area contributed by atoms with E-state index in [0.29, 0.717) is 34.7 Å². The molecule has 5 aromatic rings. The molecule has 1 aliphatic heterocycles. The molecule has 0 saturated heterocycles. The smallest absolute Gasteiger partial charge is 0.264 e. The standard InChI is InChI=1S/C31H28N8O2/c1-19-8-12-24(13-9-19)39-25(20(2)35-30(40)27-28(32)36-38-15-5-14-33-29(27)38)16-23-7-4-6-22(26(23)31(39)41)11-10-21-17-34-37(3)18-21/h4-9,12-13,15-18,20,33H,14H2,1-3H3,(H2,32,36)(H,35,40). The van der Waals surface area contributed by atoms with Crippen molar-refractivity contribution >= 4 is 34.5 Å². The van der Waals surface area contributed by atoms with Gasteiger partial charge >= 0.3 is 0 Å². The maximum atomic E-state index is 14.3. The van der Waals surface area contributed by atoms with Gasteiger partial charge in [0.2, 0.25) is 0 Å². The van der Waals surface area contributed by atoms with E-state index in [1.165, 1.54) is 0 Å². The number of pyridine rings is 1. The summed E-state index contributed by atoms with van der Waals surface area (Å²) in [5, 5.41) is 15.8. The topological polar surface area (TPSA) is 125 Å². The van der Waals surface area contributed by atoms with Gasteiger partial charge in [0.05, 0.1) is 23.2 Å². The normalized spacial score (nSPS) is 12.8. The summed E-state index contributed by atoms with van der Waals surface area (Å²) in [4.78, 5) is 27.7. The molecule has 1 atom stereocenters. The second-order valence-electron chi connectivity index (χ2n) is 9.98. The van der Waals surface area contributed by atoms with Gasteiger partial charge in [0.25, 0.3) is 11.5 Å². The Balaban J connectivity index is 1.47. The van der Waals surface area contributed by atoms with Crippen molar-refractivity contribution in [3.63, 3.8) is 0 Å². The zero-order valence-electron chi connectivity index (χ0n) is 22.8. The molecule has 2 aromatic carbocycles. The fourth-order valence-corrected chi connectivity index (χ4v) is 4.99. The average molecular weight is 545 g/mol. The third-order valence-electron chi connectivity index (χ3n) is 7.00. The maximum absolute atomic E-state index is 14.3. The minimum absolute atomic E-state index is 0.120. The molecule has 0 aliphatic carbocycles. The summed E-state index contributed by atoms with van der Waals surface area (Å²) in [6, 6.07) is 14.7. The Morgan fingerprint density at radius 1 is 1.17 bits per heavy atom. The summed E-state index contributed by atoms with van der Waals surface area (Å²) in [5.41, 5.74) is 9.88. The monoisotopic (exact) mass is 544 g/mol. The van der Waals surface area contributed by atoms with Crippen molar-refractivity contribution in [2.45, 2.75) is 19.9 Å². The van der Waals surface area contributed by atoms with Crippen LogP contribution in [0, 0.1) is 18.8 Å². The Kier molecular flexibility index (Phi) is 6.40. The lowest BCUT2D eigenvalue weighted by atomic mass is 10.0. The number of nitrogens with two attached hydrogens (primary N) is 1. The van der Waals surface area contributed by atoms with E-state index in [1.807, 2.05) is 81.7 Å². The summed E-state index contributed by atoms with van der Waals surface area (Å²) < 4.78 is 4.87. The number of carbonyl (C=O) groups is 1. The fraction of sp³-hybridized carbons (Fsp3) is 0.161. The van der Waals surface area contributed by atoms with Crippen molar-refractivity contribution in [3.05, 3.63) is 105 Å². The Labute approximate surface area is 236 Å². The Hall–Kier alpha value is -5.56. The van der Waals surface area contributed by atoms with Gasteiger partial charge in [-0.2, -0.15) is 5.10 Å². The molecule has 1 amide bonds. The second-order valence-corrected chi connectivity index (χ2v) is 9.98. The number of nitrogens with one attached hydrogen (secondary N) is 2. The van der Waals surface area contributed by atoms with Gasteiger partial charge in [-0.3, -0.25) is 18.8 Å². The van der Waals surface area contributed by atoms with Crippen LogP contribution in [0.2, 0.25) is 0 Å². The zero-order chi connectivity index (χ0) is 28.7. The SMILES string of the molecule is Cc1ccc(-n2c(C(C)NC(=O)c3c(N)nn4c3NCC=C4)cc3cccc(C#Cc4cnn(C)c4)c3c2=O)cc1. The van der Waals surface area contributed by atoms with E-state index in [1.54, 1.807) is 26.3 Å². The highest BCUT2D eigenvalue weighted by atomic mass is 16.2. The molecule has 6 rings (SSSR count). The number of nitrogen functional groups attached to an aromatic ring is 1. The molecule has 0 radical (unpaired) electrons. The Morgan fingerprint density at radius 2 is 1.98 bits per heavy atom. The molecule has 10 nitrogen and oxygen atoms in total. The lowest BCUT2D eigenvalue weighted by Gasteiger charge is -2.22. The van der Waals surface area contributed by atoms with E-state index in [-0.39, 0.29) is 16.9 Å². The van der Waals surface area contributed by atoms with E-state index in [4.69, 9.17) is 5.73 Å². The molecular weight excluding hydrogens is 516 g/mol. The van der Waals surface area contributed by atoms with Gasteiger partial charge in [-0.25, -0.2) is 4.68 Å². The average Bonchev–Trinajstić information content (AvgIpc) is 3.53. The number of rotatable bonds is 4. The predicted molar refractivity (Wildman–Crippen MR) is 160 cm³/mol. The van der Waals surface area contributed by atoms with Crippen LogP contribution in [0.4, 0.5) is 11.6 Å². The highest BCUT2D eigenvalue weighted by Gasteiger charge is 2.26. The molecule has 1 unspecified atom stereocenters. The van der Waals surface area contributed by atoms with E-state index >= 15 is 0 Å². The molecule has 1 aliphatic rings. The molecule has 0 spiro atoms. The lowest BCUT2D eigenvalue weighted by Crippen LogP contribution is -2.33. The molecule has 10 heteroatoms. The van der Waals surface area contributed by atoms with Gasteiger partial charge in [-0.15, -0.1) is 5.10 Å². The van der Waals surface area contributed by atoms with Crippen LogP contribution in [0.3, 0.4) is 0 Å². The van der Waals surface area contributed by atoms with Gasteiger partial charge in [0, 0.05) is 42.9 Å². The van der Waals surface area contributed by atoms with Gasteiger partial charge in [0.15, 0.2) is 5.82 Å². The van der Waals surface area contributed by atoms with Crippen LogP contribution < -0.4 is 21.9 Å². The largest absolute Gasteiger partial charge is 0.381 e. The van der Waals surface area contributed by atoms with Crippen LogP contribution in [-0.4, -0.2) is 36.6 Å². The Morgan fingerprint density at radius 3 is 2.73 bits per heavy atom. The zero-order valence-corrected chi connectivity index (χ0v) is 22.8. The van der Waals surface area contributed by atoms with Crippen LogP contribution in [0.5, 0.6) is 0 Å². The molecule has 0 bridgehead atoms. The number of amides is 1. The number of carbonyl (C=O) groups excluding carboxylic acids is 1. The van der Waals surface area contributed by atoms with E-state index in [0.717, 1.165) is 16.5 Å². The molecule has 0 saturated carbocycles. The molecule has 204 valence electrons.